The van der Waals surface area contributed by atoms with Crippen LogP contribution in [0, 0.1) is 0 Å². The van der Waals surface area contributed by atoms with Gasteiger partial charge in [-0.05, 0) is 61.6 Å². The lowest BCUT2D eigenvalue weighted by Gasteiger charge is -2.31. The molecule has 152 valence electrons. The van der Waals surface area contributed by atoms with Crippen LogP contribution in [0.5, 0.6) is 0 Å². The third kappa shape index (κ3) is 3.66. The first-order chi connectivity index (χ1) is 14.7. The molecule has 0 spiro atoms. The van der Waals surface area contributed by atoms with E-state index in [-0.39, 0.29) is 24.9 Å². The number of hydrogen-bond donors (Lipinski definition) is 0. The van der Waals surface area contributed by atoms with Crippen LogP contribution in [0.4, 0.5) is 11.4 Å². The van der Waals surface area contributed by atoms with E-state index in [4.69, 9.17) is 4.74 Å². The molecule has 0 bridgehead atoms. The van der Waals surface area contributed by atoms with Crippen LogP contribution in [-0.2, 0) is 22.4 Å². The lowest BCUT2D eigenvalue weighted by Crippen LogP contribution is -2.29. The Kier molecular flexibility index (Phi) is 5.35. The van der Waals surface area contributed by atoms with Gasteiger partial charge in [0.15, 0.2) is 0 Å². The number of ether oxygens (including phenoxy) is 1. The highest BCUT2D eigenvalue weighted by molar-refractivity contribution is 7.99. The van der Waals surface area contributed by atoms with Gasteiger partial charge in [0.1, 0.15) is 11.5 Å². The number of hydrogen-bond acceptors (Lipinski definition) is 5. The molecule has 6 heteroatoms. The molecule has 2 aromatic carbocycles. The Morgan fingerprint density at radius 3 is 2.30 bits per heavy atom. The second-order valence-electron chi connectivity index (χ2n) is 7.42. The van der Waals surface area contributed by atoms with E-state index in [1.165, 1.54) is 34.6 Å². The molecule has 2 aliphatic rings. The standard InChI is InChI=1S/C24H21NO3S2/c26-23(13-14-28-24(27)22-15-16-7-1-4-10-19(16)29-22)25-17-8-2-5-11-20(17)30-21-12-6-3-9-18(21)25/h2-3,5-6,8-9,11-12,15H,1,4,7,10,13-14H2. The Balaban J connectivity index is 1.28. The first kappa shape index (κ1) is 19.4. The first-order valence-corrected chi connectivity index (χ1v) is 11.8. The number of anilines is 2. The van der Waals surface area contributed by atoms with Crippen molar-refractivity contribution < 1.29 is 14.3 Å². The number of aryl methyl sites for hydroxylation is 2. The molecule has 30 heavy (non-hydrogen) atoms. The Morgan fingerprint density at radius 2 is 1.60 bits per heavy atom. The largest absolute Gasteiger partial charge is 0.461 e. The Hall–Kier alpha value is -2.57. The zero-order valence-electron chi connectivity index (χ0n) is 16.4. The first-order valence-electron chi connectivity index (χ1n) is 10.2. The van der Waals surface area contributed by atoms with Crippen LogP contribution in [0.15, 0.2) is 64.4 Å². The zero-order valence-corrected chi connectivity index (χ0v) is 18.1. The number of carbonyl (C=O) groups is 2. The monoisotopic (exact) mass is 435 g/mol. The highest BCUT2D eigenvalue weighted by Crippen LogP contribution is 2.48. The number of rotatable bonds is 4. The minimum Gasteiger partial charge on any atom is -0.461 e. The molecule has 2 heterocycles. The number of thiophene rings is 1. The highest BCUT2D eigenvalue weighted by Gasteiger charge is 2.28. The van der Waals surface area contributed by atoms with Crippen LogP contribution in [0.25, 0.3) is 0 Å². The predicted octanol–water partition coefficient (Wildman–Crippen LogP) is 6.00. The van der Waals surface area contributed by atoms with Gasteiger partial charge >= 0.3 is 5.97 Å². The summed E-state index contributed by atoms with van der Waals surface area (Å²) in [5.41, 5.74) is 3.04. The molecule has 0 unspecified atom stereocenters. The predicted molar refractivity (Wildman–Crippen MR) is 120 cm³/mol. The van der Waals surface area contributed by atoms with Crippen LogP contribution in [-0.4, -0.2) is 18.5 Å². The van der Waals surface area contributed by atoms with Crippen molar-refractivity contribution in [1.82, 2.24) is 0 Å². The SMILES string of the molecule is O=C(OCCC(=O)N1c2ccccc2Sc2ccccc21)c1cc2c(s1)CCCC2. The lowest BCUT2D eigenvalue weighted by atomic mass is 9.99. The molecule has 1 aliphatic carbocycles. The Bertz CT molecular complexity index is 1050. The molecule has 0 fully saturated rings. The molecule has 0 atom stereocenters. The average Bonchev–Trinajstić information content (AvgIpc) is 3.21. The summed E-state index contributed by atoms with van der Waals surface area (Å²) in [6.45, 7) is 0.0776. The van der Waals surface area contributed by atoms with Gasteiger partial charge in [0.05, 0.1) is 17.8 Å². The topological polar surface area (TPSA) is 46.6 Å². The number of para-hydroxylation sites is 2. The van der Waals surface area contributed by atoms with E-state index in [0.29, 0.717) is 4.88 Å². The van der Waals surface area contributed by atoms with Crippen molar-refractivity contribution >= 4 is 46.3 Å². The number of benzene rings is 2. The number of fused-ring (bicyclic) bond motifs is 3. The average molecular weight is 436 g/mol. The van der Waals surface area contributed by atoms with E-state index < -0.39 is 0 Å². The van der Waals surface area contributed by atoms with E-state index in [2.05, 4.69) is 0 Å². The molecule has 5 rings (SSSR count). The number of esters is 1. The smallest absolute Gasteiger partial charge is 0.348 e. The molecule has 1 amide bonds. The summed E-state index contributed by atoms with van der Waals surface area (Å²) in [7, 11) is 0. The molecular formula is C24H21NO3S2. The van der Waals surface area contributed by atoms with Gasteiger partial charge in [-0.15, -0.1) is 11.3 Å². The van der Waals surface area contributed by atoms with Crippen molar-refractivity contribution in [3.05, 3.63) is 69.9 Å². The molecule has 0 saturated carbocycles. The van der Waals surface area contributed by atoms with Crippen molar-refractivity contribution in [3.63, 3.8) is 0 Å². The molecule has 1 aromatic heterocycles. The van der Waals surface area contributed by atoms with Crippen LogP contribution in [0.3, 0.4) is 0 Å². The van der Waals surface area contributed by atoms with Gasteiger partial charge in [-0.3, -0.25) is 9.69 Å². The van der Waals surface area contributed by atoms with E-state index >= 15 is 0 Å². The van der Waals surface area contributed by atoms with Gasteiger partial charge in [-0.2, -0.15) is 0 Å². The summed E-state index contributed by atoms with van der Waals surface area (Å²) in [4.78, 5) is 31.4. The van der Waals surface area contributed by atoms with E-state index in [0.717, 1.165) is 34.0 Å². The third-order valence-electron chi connectivity index (χ3n) is 5.43. The highest BCUT2D eigenvalue weighted by atomic mass is 32.2. The van der Waals surface area contributed by atoms with Gasteiger partial charge in [0, 0.05) is 14.7 Å². The fourth-order valence-electron chi connectivity index (χ4n) is 3.98. The molecule has 4 nitrogen and oxygen atoms in total. The van der Waals surface area contributed by atoms with Crippen molar-refractivity contribution in [2.24, 2.45) is 0 Å². The van der Waals surface area contributed by atoms with Gasteiger partial charge in [0.2, 0.25) is 5.91 Å². The molecule has 0 N–H and O–H groups in total. The number of nitrogens with zero attached hydrogens (tertiary/aromatic N) is 1. The molecular weight excluding hydrogens is 414 g/mol. The second kappa shape index (κ2) is 8.28. The van der Waals surface area contributed by atoms with E-state index in [1.54, 1.807) is 16.7 Å². The van der Waals surface area contributed by atoms with Crippen molar-refractivity contribution in [2.45, 2.75) is 41.9 Å². The van der Waals surface area contributed by atoms with Crippen LogP contribution in [0.2, 0.25) is 0 Å². The van der Waals surface area contributed by atoms with E-state index in [9.17, 15) is 9.59 Å². The molecule has 3 aromatic rings. The number of amides is 1. The van der Waals surface area contributed by atoms with E-state index in [1.807, 2.05) is 54.6 Å². The van der Waals surface area contributed by atoms with Crippen molar-refractivity contribution in [2.75, 3.05) is 11.5 Å². The maximum absolute atomic E-state index is 13.1. The van der Waals surface area contributed by atoms with Crippen LogP contribution in [0.1, 0.15) is 39.4 Å². The van der Waals surface area contributed by atoms with Crippen molar-refractivity contribution in [1.29, 1.82) is 0 Å². The molecule has 0 radical (unpaired) electrons. The summed E-state index contributed by atoms with van der Waals surface area (Å²) in [6.07, 6.45) is 4.61. The summed E-state index contributed by atoms with van der Waals surface area (Å²) >= 11 is 3.20. The Morgan fingerprint density at radius 1 is 0.933 bits per heavy atom. The van der Waals surface area contributed by atoms with Crippen LogP contribution >= 0.6 is 23.1 Å². The number of carbonyl (C=O) groups excluding carboxylic acids is 2. The minimum atomic E-state index is -0.322. The minimum absolute atomic E-state index is 0.0755. The van der Waals surface area contributed by atoms with Crippen LogP contribution < -0.4 is 4.90 Å². The summed E-state index contributed by atoms with van der Waals surface area (Å²) < 4.78 is 5.46. The quantitative estimate of drug-likeness (QED) is 0.471. The summed E-state index contributed by atoms with van der Waals surface area (Å²) in [6, 6.07) is 17.8. The maximum atomic E-state index is 13.1. The molecule has 1 aliphatic heterocycles. The van der Waals surface area contributed by atoms with Gasteiger partial charge in [0.25, 0.3) is 0 Å². The van der Waals surface area contributed by atoms with Gasteiger partial charge < -0.3 is 4.74 Å². The van der Waals surface area contributed by atoms with Gasteiger partial charge in [-0.25, -0.2) is 4.79 Å². The summed E-state index contributed by atoms with van der Waals surface area (Å²) in [5.74, 6) is -0.398. The lowest BCUT2D eigenvalue weighted by molar-refractivity contribution is -0.118. The Labute approximate surface area is 183 Å². The second-order valence-corrected chi connectivity index (χ2v) is 9.64. The fourth-order valence-corrected chi connectivity index (χ4v) is 6.18. The summed E-state index contributed by atoms with van der Waals surface area (Å²) in [5, 5.41) is 0. The molecule has 0 saturated heterocycles. The maximum Gasteiger partial charge on any atom is 0.348 e. The fraction of sp³-hybridized carbons (Fsp3) is 0.250. The zero-order chi connectivity index (χ0) is 20.5. The third-order valence-corrected chi connectivity index (χ3v) is 7.78. The van der Waals surface area contributed by atoms with Crippen molar-refractivity contribution in [3.8, 4) is 0 Å². The normalized spacial score (nSPS) is 14.5. The van der Waals surface area contributed by atoms with Gasteiger partial charge in [-0.1, -0.05) is 36.0 Å².